The van der Waals surface area contributed by atoms with E-state index in [1.54, 1.807) is 25.1 Å². The van der Waals surface area contributed by atoms with Crippen molar-refractivity contribution in [3.8, 4) is 5.75 Å². The molecule has 0 aliphatic carbocycles. The van der Waals surface area contributed by atoms with E-state index in [-0.39, 0.29) is 29.6 Å². The van der Waals surface area contributed by atoms with E-state index >= 15 is 0 Å². The van der Waals surface area contributed by atoms with Gasteiger partial charge in [-0.1, -0.05) is 18.2 Å². The smallest absolute Gasteiger partial charge is 0.293 e. The van der Waals surface area contributed by atoms with E-state index in [2.05, 4.69) is 10.2 Å². The molecule has 8 heteroatoms. The molecule has 0 aromatic heterocycles. The molecule has 1 aliphatic rings. The quantitative estimate of drug-likeness (QED) is 0.532. The van der Waals surface area contributed by atoms with Crippen LogP contribution in [0.25, 0.3) is 0 Å². The fourth-order valence-corrected chi connectivity index (χ4v) is 3.49. The van der Waals surface area contributed by atoms with Crippen molar-refractivity contribution in [2.24, 2.45) is 0 Å². The highest BCUT2D eigenvalue weighted by atomic mass is 16.6. The average molecular weight is 385 g/mol. The number of aromatic hydroxyl groups is 1. The van der Waals surface area contributed by atoms with E-state index in [0.29, 0.717) is 5.56 Å². The van der Waals surface area contributed by atoms with E-state index in [0.717, 1.165) is 42.3 Å². The Morgan fingerprint density at radius 2 is 1.89 bits per heavy atom. The van der Waals surface area contributed by atoms with E-state index in [1.165, 1.54) is 6.07 Å². The second-order valence-corrected chi connectivity index (χ2v) is 7.11. The van der Waals surface area contributed by atoms with Gasteiger partial charge in [-0.2, -0.15) is 0 Å². The zero-order valence-electron chi connectivity index (χ0n) is 16.1. The normalized spacial score (nSPS) is 14.7. The first-order valence-corrected chi connectivity index (χ1v) is 9.27. The third kappa shape index (κ3) is 4.23. The number of aryl methyl sites for hydroxylation is 1. The number of phenolic OH excluding ortho intramolecular Hbond substituents is 1. The molecule has 3 N–H and O–H groups in total. The van der Waals surface area contributed by atoms with Crippen LogP contribution >= 0.6 is 0 Å². The Balaban J connectivity index is 1.61. The van der Waals surface area contributed by atoms with Gasteiger partial charge in [0.25, 0.3) is 11.6 Å². The molecule has 0 radical (unpaired) electrons. The van der Waals surface area contributed by atoms with Gasteiger partial charge in [0.2, 0.25) is 0 Å². The average Bonchev–Trinajstić information content (AvgIpc) is 2.66. The lowest BCUT2D eigenvalue weighted by molar-refractivity contribution is -0.892. The van der Waals surface area contributed by atoms with Gasteiger partial charge >= 0.3 is 0 Å². The molecule has 1 saturated heterocycles. The first kappa shape index (κ1) is 19.6. The van der Waals surface area contributed by atoms with Gasteiger partial charge in [-0.05, 0) is 37.1 Å². The summed E-state index contributed by atoms with van der Waals surface area (Å²) in [4.78, 5) is 26.5. The molecule has 0 atom stereocenters. The summed E-state index contributed by atoms with van der Waals surface area (Å²) in [6.45, 7) is 6.83. The van der Waals surface area contributed by atoms with Gasteiger partial charge in [-0.15, -0.1) is 0 Å². The van der Waals surface area contributed by atoms with Crippen LogP contribution in [0.1, 0.15) is 11.1 Å². The summed E-state index contributed by atoms with van der Waals surface area (Å²) in [6.07, 6.45) is 0. The number of nitro benzene ring substituents is 1. The fraction of sp³-hybridized carbons (Fsp3) is 0.350. The van der Waals surface area contributed by atoms with Crippen molar-refractivity contribution in [3.63, 3.8) is 0 Å². The number of nitro groups is 1. The Morgan fingerprint density at radius 1 is 1.21 bits per heavy atom. The number of amides is 1. The fourth-order valence-electron chi connectivity index (χ4n) is 3.49. The number of hydrogen-bond donors (Lipinski definition) is 3. The van der Waals surface area contributed by atoms with Crippen LogP contribution in [0, 0.1) is 24.0 Å². The van der Waals surface area contributed by atoms with Crippen molar-refractivity contribution in [1.82, 2.24) is 0 Å². The number of carbonyl (C=O) groups excluding carboxylic acids is 1. The molecule has 148 valence electrons. The van der Waals surface area contributed by atoms with Gasteiger partial charge in [0.1, 0.15) is 11.4 Å². The topological polar surface area (TPSA) is 100 Å². The number of para-hydroxylation sites is 2. The van der Waals surface area contributed by atoms with Crippen LogP contribution in [-0.2, 0) is 4.79 Å². The van der Waals surface area contributed by atoms with Crippen LogP contribution < -0.4 is 15.1 Å². The molecular formula is C20H25N4O4+. The number of hydrogen-bond acceptors (Lipinski definition) is 5. The van der Waals surface area contributed by atoms with Crippen molar-refractivity contribution < 1.29 is 19.7 Å². The molecule has 2 aromatic rings. The predicted molar refractivity (Wildman–Crippen MR) is 107 cm³/mol. The van der Waals surface area contributed by atoms with E-state index in [4.69, 9.17) is 0 Å². The number of anilines is 2. The first-order chi connectivity index (χ1) is 13.4. The molecular weight excluding hydrogens is 360 g/mol. The van der Waals surface area contributed by atoms with Gasteiger partial charge in [0.15, 0.2) is 6.54 Å². The number of quaternary nitrogens is 1. The Bertz CT molecular complexity index is 892. The van der Waals surface area contributed by atoms with E-state index in [1.807, 2.05) is 19.1 Å². The molecule has 0 bridgehead atoms. The summed E-state index contributed by atoms with van der Waals surface area (Å²) in [5, 5.41) is 24.0. The summed E-state index contributed by atoms with van der Waals surface area (Å²) in [5.74, 6) is 0.0220. The van der Waals surface area contributed by atoms with Crippen LogP contribution in [0.15, 0.2) is 36.4 Å². The zero-order valence-corrected chi connectivity index (χ0v) is 16.1. The minimum absolute atomic E-state index is 0.0872. The first-order valence-electron chi connectivity index (χ1n) is 9.27. The van der Waals surface area contributed by atoms with Crippen molar-refractivity contribution in [2.45, 2.75) is 13.8 Å². The maximum atomic E-state index is 12.5. The van der Waals surface area contributed by atoms with Crippen LogP contribution in [0.3, 0.4) is 0 Å². The minimum Gasteiger partial charge on any atom is -0.506 e. The summed E-state index contributed by atoms with van der Waals surface area (Å²) in [5.41, 5.74) is 2.60. The number of nitrogens with zero attached hydrogens (tertiary/aromatic N) is 2. The maximum Gasteiger partial charge on any atom is 0.293 e. The van der Waals surface area contributed by atoms with E-state index in [9.17, 15) is 20.0 Å². The molecule has 28 heavy (non-hydrogen) atoms. The van der Waals surface area contributed by atoms with Crippen molar-refractivity contribution >= 4 is 23.0 Å². The highest BCUT2D eigenvalue weighted by molar-refractivity contribution is 5.95. The Morgan fingerprint density at radius 3 is 2.54 bits per heavy atom. The second kappa shape index (κ2) is 8.26. The number of carbonyl (C=O) groups is 1. The van der Waals surface area contributed by atoms with Gasteiger partial charge in [-0.3, -0.25) is 14.9 Å². The molecule has 8 nitrogen and oxygen atoms in total. The highest BCUT2D eigenvalue weighted by Crippen LogP contribution is 2.30. The van der Waals surface area contributed by atoms with E-state index < -0.39 is 4.92 Å². The Hall–Kier alpha value is -3.13. The number of nitrogens with one attached hydrogen (secondary N) is 2. The lowest BCUT2D eigenvalue weighted by Crippen LogP contribution is -3.15. The molecule has 1 amide bonds. The van der Waals surface area contributed by atoms with Crippen LogP contribution in [0.4, 0.5) is 17.1 Å². The molecule has 0 unspecified atom stereocenters. The Kier molecular flexibility index (Phi) is 5.79. The molecule has 1 heterocycles. The highest BCUT2D eigenvalue weighted by Gasteiger charge is 2.25. The zero-order chi connectivity index (χ0) is 20.3. The van der Waals surface area contributed by atoms with Gasteiger partial charge in [0, 0.05) is 6.07 Å². The molecule has 1 fully saturated rings. The standard InChI is InChI=1S/C20H24N4O4/c1-14-7-8-17(24(27)28)20(15(14)2)21-19(26)13-22-9-11-23(12-10-22)16-5-3-4-6-18(16)25/h3-8,25H,9-13H2,1-2H3,(H,21,26)/p+1. The van der Waals surface area contributed by atoms with Crippen molar-refractivity contribution in [2.75, 3.05) is 42.9 Å². The van der Waals surface area contributed by atoms with Crippen LogP contribution in [-0.4, -0.2) is 48.7 Å². The van der Waals surface area contributed by atoms with Crippen molar-refractivity contribution in [1.29, 1.82) is 0 Å². The van der Waals surface area contributed by atoms with Crippen LogP contribution in [0.2, 0.25) is 0 Å². The summed E-state index contributed by atoms with van der Waals surface area (Å²) in [7, 11) is 0. The number of rotatable bonds is 5. The van der Waals surface area contributed by atoms with Crippen molar-refractivity contribution in [3.05, 3.63) is 57.6 Å². The number of benzene rings is 2. The SMILES string of the molecule is Cc1ccc([N+](=O)[O-])c(NC(=O)C[NH+]2CCN(c3ccccc3O)CC2)c1C. The van der Waals surface area contributed by atoms with Crippen LogP contribution in [0.5, 0.6) is 5.75 Å². The Labute approximate surface area is 163 Å². The monoisotopic (exact) mass is 385 g/mol. The minimum atomic E-state index is -0.472. The summed E-state index contributed by atoms with van der Waals surface area (Å²) >= 11 is 0. The third-order valence-corrected chi connectivity index (χ3v) is 5.28. The predicted octanol–water partition coefficient (Wildman–Crippen LogP) is 1.26. The molecule has 1 aliphatic heterocycles. The lowest BCUT2D eigenvalue weighted by Gasteiger charge is -2.33. The number of phenols is 1. The summed E-state index contributed by atoms with van der Waals surface area (Å²) < 4.78 is 0. The molecule has 0 spiro atoms. The maximum absolute atomic E-state index is 12.5. The number of piperazine rings is 1. The third-order valence-electron chi connectivity index (χ3n) is 5.28. The summed E-state index contributed by atoms with van der Waals surface area (Å²) in [6, 6.07) is 10.3. The van der Waals surface area contributed by atoms with Gasteiger partial charge < -0.3 is 20.2 Å². The largest absolute Gasteiger partial charge is 0.506 e. The van der Waals surface area contributed by atoms with Gasteiger partial charge in [-0.25, -0.2) is 0 Å². The molecule has 0 saturated carbocycles. The van der Waals surface area contributed by atoms with Gasteiger partial charge in [0.05, 0.1) is 36.8 Å². The lowest BCUT2D eigenvalue weighted by atomic mass is 10.1. The second-order valence-electron chi connectivity index (χ2n) is 7.11. The molecule has 3 rings (SSSR count). The molecule has 2 aromatic carbocycles.